The maximum atomic E-state index is 14.3. The molecule has 1 unspecified atom stereocenters. The topological polar surface area (TPSA) is 87.0 Å². The number of anilines is 1. The summed E-state index contributed by atoms with van der Waals surface area (Å²) < 4.78 is 16.2. The normalized spacial score (nSPS) is 25.9. The van der Waals surface area contributed by atoms with Gasteiger partial charge in [-0.1, -0.05) is 18.2 Å². The van der Waals surface area contributed by atoms with Gasteiger partial charge in [-0.05, 0) is 36.8 Å². The Bertz CT molecular complexity index is 1720. The van der Waals surface area contributed by atoms with Gasteiger partial charge in [-0.15, -0.1) is 0 Å². The van der Waals surface area contributed by atoms with Crippen LogP contribution in [0.5, 0.6) is 0 Å². The molecule has 4 fully saturated rings. The van der Waals surface area contributed by atoms with E-state index in [2.05, 4.69) is 9.88 Å². The quantitative estimate of drug-likeness (QED) is 0.407. The van der Waals surface area contributed by atoms with Gasteiger partial charge < -0.3 is 15.0 Å². The Kier molecular flexibility index (Phi) is 3.32. The number of hydrogen-bond donors (Lipinski definition) is 2. The van der Waals surface area contributed by atoms with Crippen molar-refractivity contribution in [2.45, 2.75) is 13.0 Å². The number of para-hydroxylation sites is 1. The number of aromatic nitrogens is 4. The second kappa shape index (κ2) is 6.07. The minimum absolute atomic E-state index is 0.0879. The molecule has 2 aliphatic heterocycles. The monoisotopic (exact) mass is 465 g/mol. The van der Waals surface area contributed by atoms with E-state index in [-0.39, 0.29) is 17.8 Å². The van der Waals surface area contributed by atoms with Gasteiger partial charge in [0.15, 0.2) is 0 Å². The Morgan fingerprint density at radius 3 is 2.74 bits per heavy atom. The number of pyridine rings is 1. The Morgan fingerprint density at radius 1 is 1.14 bits per heavy atom. The highest BCUT2D eigenvalue weighted by atomic mass is 19.1. The van der Waals surface area contributed by atoms with Gasteiger partial charge in [0.1, 0.15) is 17.3 Å². The molecule has 0 radical (unpaired) electrons. The Hall–Kier alpha value is -4.20. The zero-order valence-electron chi connectivity index (χ0n) is 18.7. The van der Waals surface area contributed by atoms with Crippen LogP contribution < -0.4 is 4.90 Å². The van der Waals surface area contributed by atoms with Crippen molar-refractivity contribution < 1.29 is 14.3 Å². The molecule has 3 aromatic heterocycles. The third-order valence-corrected chi connectivity index (χ3v) is 8.43. The van der Waals surface area contributed by atoms with Gasteiger partial charge in [0.05, 0.1) is 28.9 Å². The number of piperidine rings is 1. The highest BCUT2D eigenvalue weighted by molar-refractivity contribution is 6.04. The van der Waals surface area contributed by atoms with Crippen molar-refractivity contribution in [1.82, 2.24) is 19.7 Å². The van der Waals surface area contributed by atoms with Crippen LogP contribution in [0.15, 0.2) is 61.1 Å². The number of nitrogens with one attached hydrogen (secondary N) is 1. The second-order valence-corrected chi connectivity index (χ2v) is 9.95. The van der Waals surface area contributed by atoms with E-state index < -0.39 is 11.4 Å². The molecule has 2 aromatic carbocycles. The van der Waals surface area contributed by atoms with Crippen molar-refractivity contribution >= 4 is 33.5 Å². The van der Waals surface area contributed by atoms with Crippen molar-refractivity contribution in [1.29, 1.82) is 0 Å². The van der Waals surface area contributed by atoms with Crippen LogP contribution >= 0.6 is 0 Å². The molecule has 4 aliphatic rings. The number of halogens is 1. The molecule has 0 amide bonds. The molecule has 35 heavy (non-hydrogen) atoms. The van der Waals surface area contributed by atoms with Crippen molar-refractivity contribution in [3.8, 4) is 16.9 Å². The van der Waals surface area contributed by atoms with Crippen LogP contribution in [0.25, 0.3) is 38.6 Å². The summed E-state index contributed by atoms with van der Waals surface area (Å²) in [5.74, 6) is 0.444. The molecular formula is C27H20FN5O2. The van der Waals surface area contributed by atoms with E-state index >= 15 is 0 Å². The lowest BCUT2D eigenvalue weighted by Crippen LogP contribution is -2.25. The standard InChI is InChI=1S/C27H20FN5O2/c1-13-3-2-4-16-23(15-6-7-20(28)18-11-29-10-17(15)18)31-33(24(13)16)14-5-8-21(30-9-14)32-12-19-22-25(32)27(19,22)26(34)35/h2-11,19,22,25,29H,12H2,1H3,(H,34,35)/t19-,22-,25?,27-/m1/s1. The summed E-state index contributed by atoms with van der Waals surface area (Å²) in [4.78, 5) is 21.5. The first-order chi connectivity index (χ1) is 17.0. The van der Waals surface area contributed by atoms with E-state index in [0.717, 1.165) is 51.2 Å². The molecule has 2 saturated heterocycles. The van der Waals surface area contributed by atoms with E-state index in [0.29, 0.717) is 11.3 Å². The fourth-order valence-corrected chi connectivity index (χ4v) is 6.67. The SMILES string of the molecule is Cc1cccc2c(-c3ccc(F)c4c[nH]cc34)nn(-c3ccc(N4C[C@@H]5[C@@H]6C4[C@@]56C(=O)O)nc3)c12. The van der Waals surface area contributed by atoms with Crippen LogP contribution in [-0.4, -0.2) is 43.4 Å². The summed E-state index contributed by atoms with van der Waals surface area (Å²) in [6.45, 7) is 2.81. The molecule has 2 aliphatic carbocycles. The van der Waals surface area contributed by atoms with E-state index in [1.807, 2.05) is 41.9 Å². The molecule has 2 N–H and O–H groups in total. The molecule has 9 rings (SSSR count). The van der Waals surface area contributed by atoms with Gasteiger partial charge in [0.25, 0.3) is 0 Å². The van der Waals surface area contributed by atoms with Crippen molar-refractivity contribution in [3.05, 3.63) is 72.4 Å². The molecule has 5 heterocycles. The first-order valence-electron chi connectivity index (χ1n) is 11.7. The molecule has 2 bridgehead atoms. The minimum Gasteiger partial charge on any atom is -0.481 e. The number of hydrogen-bond acceptors (Lipinski definition) is 4. The third-order valence-electron chi connectivity index (χ3n) is 8.43. The maximum Gasteiger partial charge on any atom is 0.312 e. The van der Waals surface area contributed by atoms with Crippen molar-refractivity contribution in [3.63, 3.8) is 0 Å². The number of rotatable bonds is 4. The molecule has 4 atom stereocenters. The largest absolute Gasteiger partial charge is 0.481 e. The lowest BCUT2D eigenvalue weighted by Gasteiger charge is -2.17. The van der Waals surface area contributed by atoms with E-state index in [1.54, 1.807) is 24.7 Å². The predicted molar refractivity (Wildman–Crippen MR) is 129 cm³/mol. The number of benzene rings is 2. The molecule has 7 nitrogen and oxygen atoms in total. The number of aliphatic carboxylic acids is 1. The lowest BCUT2D eigenvalue weighted by atomic mass is 10.0. The summed E-state index contributed by atoms with van der Waals surface area (Å²) >= 11 is 0. The number of carboxylic acid groups (broad SMARTS) is 1. The van der Waals surface area contributed by atoms with Gasteiger partial charge in [0.2, 0.25) is 0 Å². The number of carbonyl (C=O) groups is 1. The Labute approximate surface area is 198 Å². The zero-order valence-corrected chi connectivity index (χ0v) is 18.7. The smallest absolute Gasteiger partial charge is 0.312 e. The highest BCUT2D eigenvalue weighted by Gasteiger charge is 2.96. The second-order valence-electron chi connectivity index (χ2n) is 9.95. The van der Waals surface area contributed by atoms with Crippen LogP contribution in [0.1, 0.15) is 5.56 Å². The summed E-state index contributed by atoms with van der Waals surface area (Å²) in [6.07, 6.45) is 5.27. The Morgan fingerprint density at radius 2 is 2.00 bits per heavy atom. The van der Waals surface area contributed by atoms with Crippen LogP contribution in [0.2, 0.25) is 0 Å². The molecule has 5 aromatic rings. The number of carboxylic acids is 1. The van der Waals surface area contributed by atoms with Gasteiger partial charge >= 0.3 is 5.97 Å². The first-order valence-corrected chi connectivity index (χ1v) is 11.7. The van der Waals surface area contributed by atoms with Crippen LogP contribution in [0, 0.1) is 30.0 Å². The number of H-pyrrole nitrogens is 1. The zero-order chi connectivity index (χ0) is 23.6. The minimum atomic E-state index is -0.667. The number of aryl methyl sites for hydroxylation is 1. The van der Waals surface area contributed by atoms with E-state index in [1.165, 1.54) is 6.07 Å². The summed E-state index contributed by atoms with van der Waals surface area (Å²) in [7, 11) is 0. The van der Waals surface area contributed by atoms with Crippen molar-refractivity contribution in [2.75, 3.05) is 11.4 Å². The van der Waals surface area contributed by atoms with E-state index in [9.17, 15) is 14.3 Å². The molecular weight excluding hydrogens is 445 g/mol. The highest BCUT2D eigenvalue weighted by Crippen LogP contribution is 2.85. The van der Waals surface area contributed by atoms with Crippen molar-refractivity contribution in [2.24, 2.45) is 17.3 Å². The Balaban J connectivity index is 1.23. The lowest BCUT2D eigenvalue weighted by molar-refractivity contribution is -0.141. The average Bonchev–Trinajstić information content (AvgIpc) is 3.31. The third kappa shape index (κ3) is 2.18. The fraction of sp³-hybridized carbons (Fsp3) is 0.222. The fourth-order valence-electron chi connectivity index (χ4n) is 6.67. The van der Waals surface area contributed by atoms with E-state index in [4.69, 9.17) is 10.1 Å². The number of fused-ring (bicyclic) bond motifs is 3. The van der Waals surface area contributed by atoms with Gasteiger partial charge in [-0.3, -0.25) is 4.79 Å². The molecule has 0 spiro atoms. The summed E-state index contributed by atoms with van der Waals surface area (Å²) in [5.41, 5.74) is 4.00. The van der Waals surface area contributed by atoms with Gasteiger partial charge in [0, 0.05) is 52.5 Å². The molecule has 8 heteroatoms. The first kappa shape index (κ1) is 19.1. The maximum absolute atomic E-state index is 14.3. The molecule has 2 saturated carbocycles. The van der Waals surface area contributed by atoms with Gasteiger partial charge in [-0.25, -0.2) is 14.1 Å². The van der Waals surface area contributed by atoms with Gasteiger partial charge in [-0.2, -0.15) is 5.10 Å². The summed E-state index contributed by atoms with van der Waals surface area (Å²) in [6, 6.07) is 13.4. The average molecular weight is 465 g/mol. The van der Waals surface area contributed by atoms with Crippen LogP contribution in [-0.2, 0) is 4.79 Å². The predicted octanol–water partition coefficient (Wildman–Crippen LogP) is 4.54. The summed E-state index contributed by atoms with van der Waals surface area (Å²) in [5, 5.41) is 16.9. The molecule has 172 valence electrons. The van der Waals surface area contributed by atoms with Crippen LogP contribution in [0.4, 0.5) is 10.2 Å². The number of aromatic amines is 1. The number of nitrogens with zero attached hydrogens (tertiary/aromatic N) is 4. The van der Waals surface area contributed by atoms with Crippen LogP contribution in [0.3, 0.4) is 0 Å².